The van der Waals surface area contributed by atoms with Gasteiger partial charge in [0.25, 0.3) is 0 Å². The van der Waals surface area contributed by atoms with Crippen LogP contribution in [0.1, 0.15) is 40.0 Å². The summed E-state index contributed by atoms with van der Waals surface area (Å²) in [4.78, 5) is 24.1. The van der Waals surface area contributed by atoms with Gasteiger partial charge in [0.05, 0.1) is 22.3 Å². The first-order valence-corrected chi connectivity index (χ1v) is 18.0. The molecule has 1 aliphatic rings. The fraction of sp³-hybridized carbons (Fsp3) is 0.630. The third-order valence-electron chi connectivity index (χ3n) is 6.58. The Morgan fingerprint density at radius 3 is 2.62 bits per heavy atom. The van der Waals surface area contributed by atoms with Crippen molar-refractivity contribution in [3.8, 4) is 0 Å². The van der Waals surface area contributed by atoms with Crippen LogP contribution >= 0.6 is 11.6 Å². The number of carbonyl (C=O) groups is 1. The highest BCUT2D eigenvalue weighted by atomic mass is 35.5. The van der Waals surface area contributed by atoms with Gasteiger partial charge in [-0.2, -0.15) is 15.1 Å². The third-order valence-corrected chi connectivity index (χ3v) is 8.57. The summed E-state index contributed by atoms with van der Waals surface area (Å²) < 4.78 is 15.3. The van der Waals surface area contributed by atoms with E-state index < -0.39 is 13.7 Å². The first kappa shape index (κ1) is 30.1. The second-order valence-electron chi connectivity index (χ2n) is 12.7. The van der Waals surface area contributed by atoms with Gasteiger partial charge in [-0.1, -0.05) is 31.2 Å². The average molecular weight is 591 g/mol. The largest absolute Gasteiger partial charge is 0.444 e. The van der Waals surface area contributed by atoms with Gasteiger partial charge < -0.3 is 29.6 Å². The van der Waals surface area contributed by atoms with Gasteiger partial charge >= 0.3 is 6.09 Å². The molecule has 0 spiro atoms. The van der Waals surface area contributed by atoms with Crippen molar-refractivity contribution in [2.75, 3.05) is 30.3 Å². The lowest BCUT2D eigenvalue weighted by Gasteiger charge is -2.26. The highest BCUT2D eigenvalue weighted by Gasteiger charge is 2.26. The monoisotopic (exact) mass is 590 g/mol. The lowest BCUT2D eigenvalue weighted by atomic mass is 10.1. The molecular formula is C27H43ClN8O3Si. The van der Waals surface area contributed by atoms with E-state index in [2.05, 4.69) is 35.4 Å². The van der Waals surface area contributed by atoms with Crippen LogP contribution in [0.25, 0.3) is 11.0 Å². The lowest BCUT2D eigenvalue weighted by Crippen LogP contribution is -2.37. The van der Waals surface area contributed by atoms with E-state index in [1.165, 1.54) is 0 Å². The number of carbonyl (C=O) groups excluding carboxylic acids is 1. The quantitative estimate of drug-likeness (QED) is 0.228. The summed E-state index contributed by atoms with van der Waals surface area (Å²) in [5, 5.41) is 12.4. The number of hydrogen-bond acceptors (Lipinski definition) is 8. The maximum absolute atomic E-state index is 12.7. The fourth-order valence-corrected chi connectivity index (χ4v) is 5.55. The molecule has 3 aromatic heterocycles. The van der Waals surface area contributed by atoms with Crippen molar-refractivity contribution in [3.63, 3.8) is 0 Å². The van der Waals surface area contributed by atoms with Gasteiger partial charge in [-0.3, -0.25) is 4.68 Å². The minimum Gasteiger partial charge on any atom is -0.444 e. The van der Waals surface area contributed by atoms with Crippen molar-refractivity contribution in [2.45, 2.75) is 84.1 Å². The molecule has 40 heavy (non-hydrogen) atoms. The minimum atomic E-state index is -1.20. The van der Waals surface area contributed by atoms with Crippen LogP contribution in [0.2, 0.25) is 30.7 Å². The standard InChI is InChI=1S/C27H43ClN8O3Si/c1-27(2,3)39-26(37)35-11-8-9-19(10-12-35)30-23-22-21(28)17-36(18-38-13-14-40(5,6)7)24(22)33-25(32-23)31-20-15-29-34(4)16-20/h15-17,19H,8-14,18H2,1-7H3,(H2,30,31,32,33)/t19-/m1/s1. The number of nitrogens with one attached hydrogen (secondary N) is 2. The molecule has 3 aromatic rings. The van der Waals surface area contributed by atoms with Crippen LogP contribution in [0.15, 0.2) is 18.6 Å². The number of hydrogen-bond donors (Lipinski definition) is 2. The van der Waals surface area contributed by atoms with E-state index in [1.54, 1.807) is 15.8 Å². The molecule has 0 unspecified atom stereocenters. The molecule has 0 bridgehead atoms. The van der Waals surface area contributed by atoms with Crippen LogP contribution in [0.4, 0.5) is 22.2 Å². The first-order valence-electron chi connectivity index (χ1n) is 13.9. The number of amides is 1. The molecule has 1 fully saturated rings. The Kier molecular flexibility index (Phi) is 9.31. The number of halogens is 1. The molecule has 4 rings (SSSR count). The predicted molar refractivity (Wildman–Crippen MR) is 162 cm³/mol. The number of rotatable bonds is 9. The van der Waals surface area contributed by atoms with Crippen molar-refractivity contribution in [1.82, 2.24) is 29.2 Å². The highest BCUT2D eigenvalue weighted by Crippen LogP contribution is 2.33. The van der Waals surface area contributed by atoms with E-state index in [-0.39, 0.29) is 12.1 Å². The van der Waals surface area contributed by atoms with Gasteiger partial charge in [-0.25, -0.2) is 4.79 Å². The Hall–Kier alpha value is -2.83. The molecule has 2 N–H and O–H groups in total. The third kappa shape index (κ3) is 8.34. The SMILES string of the molecule is Cn1cc(Nc2nc(N[C@@H]3CCCN(C(=O)OC(C)(C)C)CC3)c3c(Cl)cn(COCC[Si](C)(C)C)c3n2)cn1. The molecule has 1 atom stereocenters. The summed E-state index contributed by atoms with van der Waals surface area (Å²) in [6, 6.07) is 1.18. The molecule has 4 heterocycles. The Labute approximate surface area is 242 Å². The Bertz CT molecular complexity index is 1310. The van der Waals surface area contributed by atoms with E-state index in [9.17, 15) is 4.79 Å². The molecule has 1 saturated heterocycles. The second-order valence-corrected chi connectivity index (χ2v) is 18.7. The number of ether oxygens (including phenoxy) is 2. The van der Waals surface area contributed by atoms with E-state index in [0.29, 0.717) is 48.9 Å². The maximum Gasteiger partial charge on any atom is 0.410 e. The zero-order chi connectivity index (χ0) is 29.1. The molecular weight excluding hydrogens is 548 g/mol. The van der Waals surface area contributed by atoms with Gasteiger partial charge in [0.1, 0.15) is 18.1 Å². The van der Waals surface area contributed by atoms with E-state index >= 15 is 0 Å². The summed E-state index contributed by atoms with van der Waals surface area (Å²) >= 11 is 6.77. The number of fused-ring (bicyclic) bond motifs is 1. The summed E-state index contributed by atoms with van der Waals surface area (Å²) in [5.74, 6) is 1.09. The molecule has 1 amide bonds. The zero-order valence-corrected chi connectivity index (χ0v) is 26.5. The van der Waals surface area contributed by atoms with E-state index in [4.69, 9.17) is 31.0 Å². The fourth-order valence-electron chi connectivity index (χ4n) is 4.50. The minimum absolute atomic E-state index is 0.101. The van der Waals surface area contributed by atoms with Crippen LogP contribution in [0.3, 0.4) is 0 Å². The Balaban J connectivity index is 1.56. The molecule has 0 radical (unpaired) electrons. The van der Waals surface area contributed by atoms with Crippen molar-refractivity contribution in [1.29, 1.82) is 0 Å². The van der Waals surface area contributed by atoms with Crippen molar-refractivity contribution < 1.29 is 14.3 Å². The first-order chi connectivity index (χ1) is 18.8. The van der Waals surface area contributed by atoms with Gasteiger partial charge in [-0.05, 0) is 46.1 Å². The summed E-state index contributed by atoms with van der Waals surface area (Å²) in [6.45, 7) is 15.0. The topological polar surface area (TPSA) is 111 Å². The molecule has 11 nitrogen and oxygen atoms in total. The van der Waals surface area contributed by atoms with Gasteiger partial charge in [0, 0.05) is 53.3 Å². The lowest BCUT2D eigenvalue weighted by molar-refractivity contribution is 0.0256. The highest BCUT2D eigenvalue weighted by molar-refractivity contribution is 6.76. The molecule has 1 aliphatic heterocycles. The normalized spacial score (nSPS) is 16.7. The van der Waals surface area contributed by atoms with Crippen molar-refractivity contribution >= 4 is 54.3 Å². The molecule has 0 aliphatic carbocycles. The predicted octanol–water partition coefficient (Wildman–Crippen LogP) is 6.08. The van der Waals surface area contributed by atoms with Crippen LogP contribution in [0.5, 0.6) is 0 Å². The van der Waals surface area contributed by atoms with E-state index in [0.717, 1.165) is 36.4 Å². The number of aryl methyl sites for hydroxylation is 1. The zero-order valence-electron chi connectivity index (χ0n) is 24.8. The summed E-state index contributed by atoms with van der Waals surface area (Å²) in [6.07, 6.45) is 7.67. The van der Waals surface area contributed by atoms with Gasteiger partial charge in [-0.15, -0.1) is 0 Å². The molecule has 0 saturated carbocycles. The van der Waals surface area contributed by atoms with Crippen LogP contribution in [-0.4, -0.2) is 74.7 Å². The Morgan fingerprint density at radius 2 is 1.95 bits per heavy atom. The average Bonchev–Trinajstić information content (AvgIpc) is 3.28. The summed E-state index contributed by atoms with van der Waals surface area (Å²) in [7, 11) is 0.656. The molecule has 0 aromatic carbocycles. The molecule has 220 valence electrons. The van der Waals surface area contributed by atoms with Crippen molar-refractivity contribution in [2.24, 2.45) is 7.05 Å². The van der Waals surface area contributed by atoms with Gasteiger partial charge in [0.2, 0.25) is 5.95 Å². The number of aromatic nitrogens is 5. The Morgan fingerprint density at radius 1 is 1.18 bits per heavy atom. The van der Waals surface area contributed by atoms with Crippen LogP contribution in [-0.2, 0) is 23.3 Å². The molecule has 13 heteroatoms. The van der Waals surface area contributed by atoms with Crippen molar-refractivity contribution in [3.05, 3.63) is 23.6 Å². The number of anilines is 3. The smallest absolute Gasteiger partial charge is 0.410 e. The number of nitrogens with zero attached hydrogens (tertiary/aromatic N) is 6. The maximum atomic E-state index is 12.7. The second kappa shape index (κ2) is 12.4. The van der Waals surface area contributed by atoms with Crippen LogP contribution in [0, 0.1) is 0 Å². The van der Waals surface area contributed by atoms with Gasteiger partial charge in [0.15, 0.2) is 5.65 Å². The summed E-state index contributed by atoms with van der Waals surface area (Å²) in [5.41, 5.74) is 0.949. The van der Waals surface area contributed by atoms with E-state index in [1.807, 2.05) is 44.8 Å². The van der Waals surface area contributed by atoms with Crippen LogP contribution < -0.4 is 10.6 Å². The number of likely N-dealkylation sites (tertiary alicyclic amines) is 1.